The van der Waals surface area contributed by atoms with Crippen molar-refractivity contribution in [1.29, 1.82) is 0 Å². The Morgan fingerprint density at radius 1 is 1.23 bits per heavy atom. The molecule has 1 aromatic heterocycles. The molecule has 0 saturated carbocycles. The van der Waals surface area contributed by atoms with E-state index in [0.717, 1.165) is 28.3 Å². The predicted molar refractivity (Wildman–Crippen MR) is 85.4 cm³/mol. The van der Waals surface area contributed by atoms with Crippen molar-refractivity contribution in [2.45, 2.75) is 32.2 Å². The van der Waals surface area contributed by atoms with Crippen molar-refractivity contribution in [3.05, 3.63) is 40.8 Å². The molecule has 0 spiro atoms. The first-order valence-corrected chi connectivity index (χ1v) is 8.36. The largest absolute Gasteiger partial charge is 0.381 e. The molecule has 22 heavy (non-hydrogen) atoms. The van der Waals surface area contributed by atoms with Crippen LogP contribution in [0, 0.1) is 20.8 Å². The van der Waals surface area contributed by atoms with Crippen molar-refractivity contribution in [3.63, 3.8) is 0 Å². The minimum atomic E-state index is -3.44. The van der Waals surface area contributed by atoms with Gasteiger partial charge in [-0.15, -0.1) is 0 Å². The third-order valence-corrected chi connectivity index (χ3v) is 5.44. The molecule has 0 atom stereocenters. The number of aryl methyl sites for hydroxylation is 3. The number of hydrogen-bond acceptors (Lipinski definition) is 5. The zero-order valence-electron chi connectivity index (χ0n) is 13.5. The van der Waals surface area contributed by atoms with Gasteiger partial charge in [0.2, 0.25) is 10.0 Å². The quantitative estimate of drug-likeness (QED) is 0.915. The molecule has 0 bridgehead atoms. The Bertz CT molecular complexity index is 760. The summed E-state index contributed by atoms with van der Waals surface area (Å²) >= 11 is 0. The molecule has 1 heterocycles. The van der Waals surface area contributed by atoms with Crippen LogP contribution in [0.15, 0.2) is 27.6 Å². The number of benzene rings is 1. The Morgan fingerprint density at radius 2 is 1.91 bits per heavy atom. The summed E-state index contributed by atoms with van der Waals surface area (Å²) in [7, 11) is -0.402. The Labute approximate surface area is 131 Å². The van der Waals surface area contributed by atoms with Gasteiger partial charge in [0.05, 0.1) is 10.6 Å². The fourth-order valence-electron chi connectivity index (χ4n) is 2.10. The van der Waals surface area contributed by atoms with E-state index in [9.17, 15) is 8.42 Å². The molecule has 0 amide bonds. The van der Waals surface area contributed by atoms with Gasteiger partial charge in [0, 0.05) is 31.9 Å². The SMILES string of the molecule is Cc1ccc(S(=O)(=O)N(C)C)cc1NCc1c(C)noc1C. The van der Waals surface area contributed by atoms with Crippen LogP contribution in [0.5, 0.6) is 0 Å². The second kappa shape index (κ2) is 6.10. The summed E-state index contributed by atoms with van der Waals surface area (Å²) in [5.74, 6) is 0.764. The van der Waals surface area contributed by atoms with Gasteiger partial charge >= 0.3 is 0 Å². The fraction of sp³-hybridized carbons (Fsp3) is 0.400. The maximum Gasteiger partial charge on any atom is 0.242 e. The topological polar surface area (TPSA) is 75.4 Å². The van der Waals surface area contributed by atoms with Crippen molar-refractivity contribution in [1.82, 2.24) is 9.46 Å². The van der Waals surface area contributed by atoms with Gasteiger partial charge in [-0.05, 0) is 38.5 Å². The second-order valence-corrected chi connectivity index (χ2v) is 7.57. The van der Waals surface area contributed by atoms with Crippen LogP contribution in [-0.2, 0) is 16.6 Å². The standard InChI is InChI=1S/C15H21N3O3S/c1-10-6-7-13(22(19,20)18(4)5)8-15(10)16-9-14-11(2)17-21-12(14)3/h6-8,16H,9H2,1-5H3. The summed E-state index contributed by atoms with van der Waals surface area (Å²) < 4.78 is 30.8. The van der Waals surface area contributed by atoms with E-state index in [1.54, 1.807) is 18.2 Å². The van der Waals surface area contributed by atoms with Crippen LogP contribution in [-0.4, -0.2) is 32.0 Å². The second-order valence-electron chi connectivity index (χ2n) is 5.42. The maximum absolute atomic E-state index is 12.2. The van der Waals surface area contributed by atoms with E-state index in [0.29, 0.717) is 6.54 Å². The number of anilines is 1. The van der Waals surface area contributed by atoms with Gasteiger partial charge in [-0.3, -0.25) is 0 Å². The molecule has 0 aliphatic rings. The minimum absolute atomic E-state index is 0.268. The predicted octanol–water partition coefficient (Wildman–Crippen LogP) is 2.46. The lowest BCUT2D eigenvalue weighted by atomic mass is 10.1. The van der Waals surface area contributed by atoms with Crippen LogP contribution >= 0.6 is 0 Å². The number of nitrogens with one attached hydrogen (secondary N) is 1. The van der Waals surface area contributed by atoms with Gasteiger partial charge in [-0.25, -0.2) is 12.7 Å². The van der Waals surface area contributed by atoms with E-state index in [2.05, 4.69) is 10.5 Å². The van der Waals surface area contributed by atoms with Gasteiger partial charge in [0.25, 0.3) is 0 Å². The van der Waals surface area contributed by atoms with Crippen molar-refractivity contribution in [2.75, 3.05) is 19.4 Å². The van der Waals surface area contributed by atoms with Gasteiger partial charge < -0.3 is 9.84 Å². The van der Waals surface area contributed by atoms with E-state index in [1.807, 2.05) is 20.8 Å². The van der Waals surface area contributed by atoms with Gasteiger partial charge in [0.15, 0.2) is 0 Å². The molecular formula is C15H21N3O3S. The molecule has 2 aromatic rings. The number of rotatable bonds is 5. The van der Waals surface area contributed by atoms with Gasteiger partial charge in [0.1, 0.15) is 5.76 Å². The fourth-order valence-corrected chi connectivity index (χ4v) is 3.03. The summed E-state index contributed by atoms with van der Waals surface area (Å²) in [6.45, 7) is 6.21. The van der Waals surface area contributed by atoms with Crippen LogP contribution in [0.2, 0.25) is 0 Å². The molecule has 6 nitrogen and oxygen atoms in total. The van der Waals surface area contributed by atoms with E-state index in [-0.39, 0.29) is 4.90 Å². The van der Waals surface area contributed by atoms with E-state index in [4.69, 9.17) is 4.52 Å². The lowest BCUT2D eigenvalue weighted by molar-refractivity contribution is 0.392. The van der Waals surface area contributed by atoms with E-state index >= 15 is 0 Å². The third-order valence-electron chi connectivity index (χ3n) is 3.62. The zero-order chi connectivity index (χ0) is 16.5. The number of nitrogens with zero attached hydrogens (tertiary/aromatic N) is 2. The highest BCUT2D eigenvalue weighted by atomic mass is 32.2. The van der Waals surface area contributed by atoms with Crippen molar-refractivity contribution in [3.8, 4) is 0 Å². The maximum atomic E-state index is 12.2. The Hall–Kier alpha value is -1.86. The average Bonchev–Trinajstić information content (AvgIpc) is 2.77. The molecule has 1 N–H and O–H groups in total. The lowest BCUT2D eigenvalue weighted by Crippen LogP contribution is -2.22. The number of sulfonamides is 1. The summed E-state index contributed by atoms with van der Waals surface area (Å²) in [6, 6.07) is 5.07. The van der Waals surface area contributed by atoms with Crippen molar-refractivity contribution < 1.29 is 12.9 Å². The number of aromatic nitrogens is 1. The Morgan fingerprint density at radius 3 is 2.45 bits per heavy atom. The van der Waals surface area contributed by atoms with Crippen LogP contribution in [0.25, 0.3) is 0 Å². The summed E-state index contributed by atoms with van der Waals surface area (Å²) in [5.41, 5.74) is 3.58. The van der Waals surface area contributed by atoms with Crippen molar-refractivity contribution in [2.24, 2.45) is 0 Å². The highest BCUT2D eigenvalue weighted by Gasteiger charge is 2.18. The Balaban J connectivity index is 2.29. The smallest absolute Gasteiger partial charge is 0.242 e. The molecule has 0 radical (unpaired) electrons. The summed E-state index contributed by atoms with van der Waals surface area (Å²) in [4.78, 5) is 0.268. The molecule has 0 saturated heterocycles. The molecule has 7 heteroatoms. The first kappa shape index (κ1) is 16.5. The first-order chi connectivity index (χ1) is 10.2. The molecule has 1 aromatic carbocycles. The average molecular weight is 323 g/mol. The minimum Gasteiger partial charge on any atom is -0.381 e. The molecule has 0 aliphatic heterocycles. The van der Waals surface area contributed by atoms with Crippen LogP contribution < -0.4 is 5.32 Å². The number of hydrogen-bond donors (Lipinski definition) is 1. The molecule has 120 valence electrons. The monoisotopic (exact) mass is 323 g/mol. The van der Waals surface area contributed by atoms with E-state index < -0.39 is 10.0 Å². The van der Waals surface area contributed by atoms with Gasteiger partial charge in [-0.2, -0.15) is 0 Å². The van der Waals surface area contributed by atoms with Gasteiger partial charge in [-0.1, -0.05) is 11.2 Å². The first-order valence-electron chi connectivity index (χ1n) is 6.92. The highest BCUT2D eigenvalue weighted by molar-refractivity contribution is 7.89. The van der Waals surface area contributed by atoms with Crippen LogP contribution in [0.1, 0.15) is 22.6 Å². The molecule has 0 fully saturated rings. The normalized spacial score (nSPS) is 11.9. The summed E-state index contributed by atoms with van der Waals surface area (Å²) in [6.07, 6.45) is 0. The molecular weight excluding hydrogens is 302 g/mol. The lowest BCUT2D eigenvalue weighted by Gasteiger charge is -2.15. The van der Waals surface area contributed by atoms with E-state index in [1.165, 1.54) is 18.4 Å². The zero-order valence-corrected chi connectivity index (χ0v) is 14.3. The highest BCUT2D eigenvalue weighted by Crippen LogP contribution is 2.23. The van der Waals surface area contributed by atoms with Crippen molar-refractivity contribution >= 4 is 15.7 Å². The van der Waals surface area contributed by atoms with Crippen LogP contribution in [0.3, 0.4) is 0 Å². The molecule has 2 rings (SSSR count). The third kappa shape index (κ3) is 3.15. The van der Waals surface area contributed by atoms with Crippen LogP contribution in [0.4, 0.5) is 5.69 Å². The molecule has 0 aliphatic carbocycles. The summed E-state index contributed by atoms with van der Waals surface area (Å²) in [5, 5.41) is 7.18. The molecule has 0 unspecified atom stereocenters. The Kier molecular flexibility index (Phi) is 4.58.